The summed E-state index contributed by atoms with van der Waals surface area (Å²) in [5.74, 6) is -0.211. The molecule has 1 aromatic heterocycles. The first-order chi connectivity index (χ1) is 6.46. The van der Waals surface area contributed by atoms with Crippen molar-refractivity contribution in [3.63, 3.8) is 0 Å². The Morgan fingerprint density at radius 1 is 1.36 bits per heavy atom. The fraction of sp³-hybridized carbons (Fsp3) is 0.429. The molecule has 0 aromatic carbocycles. The number of halogens is 3. The number of alkyl halides is 3. The second kappa shape index (κ2) is 3.79. The van der Waals surface area contributed by atoms with Crippen LogP contribution in [-0.2, 0) is 0 Å². The van der Waals surface area contributed by atoms with Gasteiger partial charge in [-0.05, 0) is 0 Å². The molecule has 0 saturated carbocycles. The predicted octanol–water partition coefficient (Wildman–Crippen LogP) is 1.05. The molecule has 0 aliphatic heterocycles. The third-order valence-electron chi connectivity index (χ3n) is 1.53. The highest BCUT2D eigenvalue weighted by Crippen LogP contribution is 2.32. The van der Waals surface area contributed by atoms with Gasteiger partial charge < -0.3 is 10.5 Å². The van der Waals surface area contributed by atoms with Crippen molar-refractivity contribution in [3.05, 3.63) is 18.1 Å². The lowest BCUT2D eigenvalue weighted by Crippen LogP contribution is -2.29. The number of aromatic nitrogens is 2. The molecule has 0 fully saturated rings. The molecule has 0 aliphatic carbocycles. The summed E-state index contributed by atoms with van der Waals surface area (Å²) < 4.78 is 41.2. The van der Waals surface area contributed by atoms with E-state index in [1.165, 1.54) is 13.3 Å². The molecule has 0 radical (unpaired) electrons. The number of nitrogens with zero attached hydrogens (tertiary/aromatic N) is 2. The summed E-state index contributed by atoms with van der Waals surface area (Å²) >= 11 is 0. The molecule has 0 saturated heterocycles. The average molecular weight is 207 g/mol. The van der Waals surface area contributed by atoms with E-state index in [2.05, 4.69) is 14.7 Å². The van der Waals surface area contributed by atoms with E-state index in [9.17, 15) is 13.2 Å². The Balaban J connectivity index is 3.06. The van der Waals surface area contributed by atoms with Crippen LogP contribution in [0.2, 0.25) is 0 Å². The Bertz CT molecular complexity index is 315. The molecule has 1 unspecified atom stereocenters. The summed E-state index contributed by atoms with van der Waals surface area (Å²) in [6.07, 6.45) is -2.20. The monoisotopic (exact) mass is 207 g/mol. The first-order valence-electron chi connectivity index (χ1n) is 3.64. The summed E-state index contributed by atoms with van der Waals surface area (Å²) in [5.41, 5.74) is 4.53. The van der Waals surface area contributed by atoms with E-state index in [0.29, 0.717) is 0 Å². The van der Waals surface area contributed by atoms with Gasteiger partial charge in [-0.2, -0.15) is 13.2 Å². The predicted molar refractivity (Wildman–Crippen MR) is 41.6 cm³/mol. The van der Waals surface area contributed by atoms with Gasteiger partial charge in [0.1, 0.15) is 11.7 Å². The number of hydrogen-bond donors (Lipinski definition) is 1. The van der Waals surface area contributed by atoms with Crippen LogP contribution in [0.5, 0.6) is 5.88 Å². The van der Waals surface area contributed by atoms with Crippen molar-refractivity contribution in [2.24, 2.45) is 5.73 Å². The zero-order chi connectivity index (χ0) is 10.8. The molecule has 1 atom stereocenters. The van der Waals surface area contributed by atoms with Gasteiger partial charge in [0.25, 0.3) is 0 Å². The zero-order valence-corrected chi connectivity index (χ0v) is 7.25. The maximum Gasteiger partial charge on any atom is 0.409 e. The second-order valence-corrected chi connectivity index (χ2v) is 2.47. The third kappa shape index (κ3) is 2.11. The van der Waals surface area contributed by atoms with Crippen molar-refractivity contribution in [1.82, 2.24) is 9.97 Å². The van der Waals surface area contributed by atoms with Gasteiger partial charge in [-0.3, -0.25) is 4.98 Å². The average Bonchev–Trinajstić information content (AvgIpc) is 2.15. The molecular formula is C7H8F3N3O. The minimum atomic E-state index is -4.55. The smallest absolute Gasteiger partial charge is 0.409 e. The van der Waals surface area contributed by atoms with Crippen LogP contribution in [0.15, 0.2) is 12.4 Å². The number of nitrogens with two attached hydrogens (primary N) is 1. The van der Waals surface area contributed by atoms with Crippen LogP contribution in [0.1, 0.15) is 11.7 Å². The lowest BCUT2D eigenvalue weighted by Gasteiger charge is -2.16. The number of ether oxygens (including phenoxy) is 1. The van der Waals surface area contributed by atoms with Crippen molar-refractivity contribution in [2.45, 2.75) is 12.2 Å². The molecular weight excluding hydrogens is 199 g/mol. The molecule has 7 heteroatoms. The normalized spacial score (nSPS) is 13.8. The van der Waals surface area contributed by atoms with E-state index in [1.54, 1.807) is 0 Å². The van der Waals surface area contributed by atoms with Gasteiger partial charge in [0.05, 0.1) is 7.11 Å². The van der Waals surface area contributed by atoms with E-state index in [1.807, 2.05) is 0 Å². The number of methoxy groups -OCH3 is 1. The van der Waals surface area contributed by atoms with E-state index in [0.717, 1.165) is 6.20 Å². The van der Waals surface area contributed by atoms with Gasteiger partial charge in [0, 0.05) is 12.4 Å². The molecule has 4 nitrogen and oxygen atoms in total. The van der Waals surface area contributed by atoms with E-state index in [4.69, 9.17) is 5.73 Å². The Hall–Kier alpha value is -1.37. The van der Waals surface area contributed by atoms with Crippen molar-refractivity contribution < 1.29 is 17.9 Å². The second-order valence-electron chi connectivity index (χ2n) is 2.47. The van der Waals surface area contributed by atoms with Crippen LogP contribution < -0.4 is 10.5 Å². The standard InChI is InChI=1S/C7H8F3N3O/c1-14-6-4(12-2-3-13-6)5(11)7(8,9)10/h2-3,5H,11H2,1H3. The summed E-state index contributed by atoms with van der Waals surface area (Å²) in [4.78, 5) is 7.05. The molecule has 14 heavy (non-hydrogen) atoms. The molecule has 1 heterocycles. The van der Waals surface area contributed by atoms with Gasteiger partial charge in [0.2, 0.25) is 5.88 Å². The van der Waals surface area contributed by atoms with Crippen LogP contribution in [0.25, 0.3) is 0 Å². The lowest BCUT2D eigenvalue weighted by atomic mass is 10.2. The van der Waals surface area contributed by atoms with Crippen LogP contribution in [-0.4, -0.2) is 23.3 Å². The van der Waals surface area contributed by atoms with Crippen LogP contribution in [0.4, 0.5) is 13.2 Å². The van der Waals surface area contributed by atoms with Gasteiger partial charge in [0.15, 0.2) is 0 Å². The molecule has 78 valence electrons. The largest absolute Gasteiger partial charge is 0.480 e. The first kappa shape index (κ1) is 10.7. The quantitative estimate of drug-likeness (QED) is 0.787. The Kier molecular flexibility index (Phi) is 2.90. The van der Waals surface area contributed by atoms with E-state index >= 15 is 0 Å². The van der Waals surface area contributed by atoms with Crippen LogP contribution in [0.3, 0.4) is 0 Å². The number of hydrogen-bond acceptors (Lipinski definition) is 4. The summed E-state index contributed by atoms with van der Waals surface area (Å²) in [7, 11) is 1.20. The Labute approximate surface area is 77.9 Å². The first-order valence-corrected chi connectivity index (χ1v) is 3.64. The highest BCUT2D eigenvalue weighted by atomic mass is 19.4. The zero-order valence-electron chi connectivity index (χ0n) is 7.25. The lowest BCUT2D eigenvalue weighted by molar-refractivity contribution is -0.150. The topological polar surface area (TPSA) is 61.0 Å². The minimum Gasteiger partial charge on any atom is -0.480 e. The van der Waals surface area contributed by atoms with Gasteiger partial charge >= 0.3 is 6.18 Å². The third-order valence-corrected chi connectivity index (χ3v) is 1.53. The SMILES string of the molecule is COc1nccnc1C(N)C(F)(F)F. The molecule has 0 spiro atoms. The van der Waals surface area contributed by atoms with Crippen molar-refractivity contribution in [2.75, 3.05) is 7.11 Å². The fourth-order valence-electron chi connectivity index (χ4n) is 0.862. The molecule has 2 N–H and O–H groups in total. The Morgan fingerprint density at radius 2 is 1.93 bits per heavy atom. The molecule has 0 aliphatic rings. The van der Waals surface area contributed by atoms with Crippen molar-refractivity contribution in [1.29, 1.82) is 0 Å². The molecule has 1 aromatic rings. The summed E-state index contributed by atoms with van der Waals surface area (Å²) in [5, 5.41) is 0. The van der Waals surface area contributed by atoms with Gasteiger partial charge in [-0.25, -0.2) is 4.98 Å². The minimum absolute atomic E-state index is 0.211. The highest BCUT2D eigenvalue weighted by Gasteiger charge is 2.40. The molecule has 0 bridgehead atoms. The van der Waals surface area contributed by atoms with Crippen LogP contribution in [0, 0.1) is 0 Å². The van der Waals surface area contributed by atoms with E-state index < -0.39 is 17.9 Å². The van der Waals surface area contributed by atoms with Gasteiger partial charge in [-0.15, -0.1) is 0 Å². The maximum absolute atomic E-state index is 12.2. The fourth-order valence-corrected chi connectivity index (χ4v) is 0.862. The number of rotatable bonds is 2. The van der Waals surface area contributed by atoms with Crippen LogP contribution >= 0.6 is 0 Å². The van der Waals surface area contributed by atoms with Crippen molar-refractivity contribution >= 4 is 0 Å². The van der Waals surface area contributed by atoms with E-state index in [-0.39, 0.29) is 5.88 Å². The Morgan fingerprint density at radius 3 is 2.43 bits per heavy atom. The highest BCUT2D eigenvalue weighted by molar-refractivity contribution is 5.21. The summed E-state index contributed by atoms with van der Waals surface area (Å²) in [6.45, 7) is 0. The summed E-state index contributed by atoms with van der Waals surface area (Å²) in [6, 6.07) is -2.17. The van der Waals surface area contributed by atoms with Crippen molar-refractivity contribution in [3.8, 4) is 5.88 Å². The maximum atomic E-state index is 12.2. The molecule has 0 amide bonds. The van der Waals surface area contributed by atoms with Gasteiger partial charge in [-0.1, -0.05) is 0 Å². The molecule has 1 rings (SSSR count).